The van der Waals surface area contributed by atoms with Crippen molar-refractivity contribution in [1.82, 2.24) is 10.2 Å². The number of hydrogen-bond donors (Lipinski definition) is 1. The smallest absolute Gasteiger partial charge is 0.307 e. The van der Waals surface area contributed by atoms with E-state index in [0.717, 1.165) is 16.5 Å². The zero-order valence-corrected chi connectivity index (χ0v) is 18.6. The van der Waals surface area contributed by atoms with Gasteiger partial charge in [-0.15, -0.1) is 11.3 Å². The van der Waals surface area contributed by atoms with Crippen LogP contribution in [-0.4, -0.2) is 36.3 Å². The molecular formula is C21H23BrN2O4S. The molecule has 2 heterocycles. The van der Waals surface area contributed by atoms with Crippen molar-refractivity contribution in [2.75, 3.05) is 13.7 Å². The lowest BCUT2D eigenvalue weighted by molar-refractivity contribution is -0.141. The third-order valence-corrected chi connectivity index (χ3v) is 6.43. The Morgan fingerprint density at radius 2 is 2.10 bits per heavy atom. The molecule has 1 unspecified atom stereocenters. The number of amides is 2. The molecule has 0 aliphatic carbocycles. The lowest BCUT2D eigenvalue weighted by Gasteiger charge is -2.27. The first-order chi connectivity index (χ1) is 14.0. The van der Waals surface area contributed by atoms with Crippen molar-refractivity contribution in [2.24, 2.45) is 0 Å². The summed E-state index contributed by atoms with van der Waals surface area (Å²) < 4.78 is 5.61. The molecule has 0 saturated heterocycles. The third kappa shape index (κ3) is 5.90. The monoisotopic (exact) mass is 478 g/mol. The predicted molar refractivity (Wildman–Crippen MR) is 114 cm³/mol. The molecule has 154 valence electrons. The summed E-state index contributed by atoms with van der Waals surface area (Å²) in [5.74, 6) is -0.698. The average molecular weight is 479 g/mol. The second-order valence-corrected chi connectivity index (χ2v) is 8.81. The van der Waals surface area contributed by atoms with E-state index in [-0.39, 0.29) is 31.1 Å². The molecule has 6 nitrogen and oxygen atoms in total. The minimum Gasteiger partial charge on any atom is -0.469 e. The van der Waals surface area contributed by atoms with Crippen molar-refractivity contribution in [3.8, 4) is 0 Å². The van der Waals surface area contributed by atoms with Gasteiger partial charge in [-0.25, -0.2) is 0 Å². The Hall–Kier alpha value is -2.19. The molecule has 0 fully saturated rings. The van der Waals surface area contributed by atoms with Gasteiger partial charge in [-0.05, 0) is 41.1 Å². The van der Waals surface area contributed by atoms with Crippen molar-refractivity contribution in [2.45, 2.75) is 38.3 Å². The van der Waals surface area contributed by atoms with Crippen LogP contribution >= 0.6 is 27.3 Å². The molecule has 3 rings (SSSR count). The van der Waals surface area contributed by atoms with E-state index in [1.165, 1.54) is 17.6 Å². The number of halogens is 1. The van der Waals surface area contributed by atoms with E-state index in [1.54, 1.807) is 11.3 Å². The van der Waals surface area contributed by atoms with Crippen LogP contribution in [0.25, 0.3) is 0 Å². The van der Waals surface area contributed by atoms with Crippen molar-refractivity contribution in [3.63, 3.8) is 0 Å². The van der Waals surface area contributed by atoms with Crippen molar-refractivity contribution < 1.29 is 19.1 Å². The van der Waals surface area contributed by atoms with E-state index in [1.807, 2.05) is 29.2 Å². The summed E-state index contributed by atoms with van der Waals surface area (Å²) in [6.45, 7) is 1.30. The molecule has 0 radical (unpaired) electrons. The van der Waals surface area contributed by atoms with Gasteiger partial charge < -0.3 is 15.0 Å². The number of thiophene rings is 1. The van der Waals surface area contributed by atoms with Crippen molar-refractivity contribution in [3.05, 3.63) is 56.2 Å². The van der Waals surface area contributed by atoms with E-state index >= 15 is 0 Å². The zero-order chi connectivity index (χ0) is 20.8. The van der Waals surface area contributed by atoms with Gasteiger partial charge in [0, 0.05) is 35.3 Å². The molecule has 1 atom stereocenters. The maximum Gasteiger partial charge on any atom is 0.307 e. The Bertz CT molecular complexity index is 898. The molecule has 1 aromatic carbocycles. The molecule has 1 aliphatic heterocycles. The number of carbonyl (C=O) groups is 3. The van der Waals surface area contributed by atoms with Gasteiger partial charge >= 0.3 is 5.97 Å². The maximum atomic E-state index is 12.5. The number of fused-ring (bicyclic) bond motifs is 1. The molecule has 8 heteroatoms. The van der Waals surface area contributed by atoms with Gasteiger partial charge in [0.1, 0.15) is 0 Å². The van der Waals surface area contributed by atoms with E-state index in [9.17, 15) is 14.4 Å². The van der Waals surface area contributed by atoms with Gasteiger partial charge in [-0.2, -0.15) is 0 Å². The number of rotatable bonds is 7. The second-order valence-electron chi connectivity index (χ2n) is 6.89. The van der Waals surface area contributed by atoms with Gasteiger partial charge in [-0.1, -0.05) is 28.1 Å². The number of benzene rings is 1. The fourth-order valence-corrected chi connectivity index (χ4v) is 4.64. The molecule has 0 saturated carbocycles. The van der Waals surface area contributed by atoms with E-state index < -0.39 is 12.0 Å². The number of methoxy groups -OCH3 is 1. The fourth-order valence-electron chi connectivity index (χ4n) is 3.33. The van der Waals surface area contributed by atoms with Crippen LogP contribution in [0.2, 0.25) is 0 Å². The molecule has 29 heavy (non-hydrogen) atoms. The van der Waals surface area contributed by atoms with Gasteiger partial charge in [0.05, 0.1) is 19.6 Å². The second kappa shape index (κ2) is 10.0. The van der Waals surface area contributed by atoms with Crippen LogP contribution in [-0.2, 0) is 32.1 Å². The summed E-state index contributed by atoms with van der Waals surface area (Å²) in [7, 11) is 1.32. The first-order valence-corrected chi connectivity index (χ1v) is 11.1. The first-order valence-electron chi connectivity index (χ1n) is 9.41. The first kappa shape index (κ1) is 21.5. The van der Waals surface area contributed by atoms with Gasteiger partial charge in [0.25, 0.3) is 0 Å². The summed E-state index contributed by atoms with van der Waals surface area (Å²) in [6, 6.07) is 8.96. The highest BCUT2D eigenvalue weighted by molar-refractivity contribution is 9.10. The molecule has 0 spiro atoms. The Labute approximate surface area is 182 Å². The quantitative estimate of drug-likeness (QED) is 0.616. The highest BCUT2D eigenvalue weighted by Crippen LogP contribution is 2.25. The summed E-state index contributed by atoms with van der Waals surface area (Å²) >= 11 is 5.13. The molecule has 0 bridgehead atoms. The summed E-state index contributed by atoms with van der Waals surface area (Å²) in [6.07, 6.45) is 1.13. The van der Waals surface area contributed by atoms with E-state index in [0.29, 0.717) is 13.1 Å². The largest absolute Gasteiger partial charge is 0.469 e. The van der Waals surface area contributed by atoms with Gasteiger partial charge in [0.2, 0.25) is 11.8 Å². The topological polar surface area (TPSA) is 75.7 Å². The maximum absolute atomic E-state index is 12.5. The average Bonchev–Trinajstić information content (AvgIpc) is 3.19. The Morgan fingerprint density at radius 1 is 1.28 bits per heavy atom. The number of carbonyl (C=O) groups excluding carboxylic acids is 3. The summed E-state index contributed by atoms with van der Waals surface area (Å²) in [5, 5.41) is 4.92. The fraction of sp³-hybridized carbons (Fsp3) is 0.381. The molecule has 2 aromatic rings. The lowest BCUT2D eigenvalue weighted by Crippen LogP contribution is -2.36. The third-order valence-electron chi connectivity index (χ3n) is 4.91. The van der Waals surface area contributed by atoms with E-state index in [2.05, 4.69) is 32.7 Å². The molecular weight excluding hydrogens is 456 g/mol. The van der Waals surface area contributed by atoms with Crippen LogP contribution in [0.5, 0.6) is 0 Å². The number of ether oxygens (including phenoxy) is 1. The Morgan fingerprint density at radius 3 is 2.86 bits per heavy atom. The number of hydrogen-bond acceptors (Lipinski definition) is 5. The standard InChI is InChI=1S/C21H23BrN2O4S/c1-28-21(27)12-17(14-3-2-4-16(22)11-14)23-19(25)5-6-20(26)24-9-7-18-15(13-24)8-10-29-18/h2-4,8,10-11,17H,5-7,9,12-13H2,1H3,(H,23,25). The summed E-state index contributed by atoms with van der Waals surface area (Å²) in [5.41, 5.74) is 2.00. The van der Waals surface area contributed by atoms with Crippen LogP contribution in [0.1, 0.15) is 41.3 Å². The Kier molecular flexibility index (Phi) is 7.44. The van der Waals surface area contributed by atoms with Crippen molar-refractivity contribution in [1.29, 1.82) is 0 Å². The highest BCUT2D eigenvalue weighted by Gasteiger charge is 2.23. The zero-order valence-electron chi connectivity index (χ0n) is 16.2. The molecule has 2 amide bonds. The molecule has 1 aliphatic rings. The van der Waals surface area contributed by atoms with Crippen molar-refractivity contribution >= 4 is 45.1 Å². The normalized spacial score (nSPS) is 14.1. The lowest BCUT2D eigenvalue weighted by atomic mass is 10.0. The number of nitrogens with zero attached hydrogens (tertiary/aromatic N) is 1. The SMILES string of the molecule is COC(=O)CC(NC(=O)CCC(=O)N1CCc2sccc2C1)c1cccc(Br)c1. The van der Waals surface area contributed by atoms with Crippen LogP contribution in [0.4, 0.5) is 0 Å². The van der Waals surface area contributed by atoms with Crippen LogP contribution < -0.4 is 5.32 Å². The Balaban J connectivity index is 1.55. The minimum absolute atomic E-state index is 0.0241. The minimum atomic E-state index is -0.508. The molecule has 1 N–H and O–H groups in total. The van der Waals surface area contributed by atoms with Crippen LogP contribution in [0, 0.1) is 0 Å². The van der Waals surface area contributed by atoms with E-state index in [4.69, 9.17) is 4.74 Å². The van der Waals surface area contributed by atoms with Crippen LogP contribution in [0.15, 0.2) is 40.2 Å². The predicted octanol–water partition coefficient (Wildman–Crippen LogP) is 3.60. The van der Waals surface area contributed by atoms with Gasteiger partial charge in [0.15, 0.2) is 0 Å². The van der Waals surface area contributed by atoms with Crippen LogP contribution in [0.3, 0.4) is 0 Å². The highest BCUT2D eigenvalue weighted by atomic mass is 79.9. The number of nitrogens with one attached hydrogen (secondary N) is 1. The molecule has 1 aromatic heterocycles. The number of esters is 1. The summed E-state index contributed by atoms with van der Waals surface area (Å²) in [4.78, 5) is 39.9. The van der Waals surface area contributed by atoms with Gasteiger partial charge in [-0.3, -0.25) is 14.4 Å².